The summed E-state index contributed by atoms with van der Waals surface area (Å²) in [5, 5.41) is 1.35. The second-order valence-corrected chi connectivity index (χ2v) is 7.80. The molecule has 0 fully saturated rings. The Balaban J connectivity index is 1.71. The standard InChI is InChI=1S/C23H14BrClO4/c1-13-19-11-10-18(28-22(26)15-2-6-16(24)7-3-15)12-20(19)29-23(27)21(13)14-4-8-17(25)9-5-14/h2-12H,1H3. The third-order valence-electron chi connectivity index (χ3n) is 4.56. The van der Waals surface area contributed by atoms with Crippen LogP contribution in [0.3, 0.4) is 0 Å². The molecule has 0 saturated carbocycles. The Kier molecular flexibility index (Phi) is 5.26. The molecule has 1 heterocycles. The molecular weight excluding hydrogens is 456 g/mol. The maximum atomic E-state index is 12.6. The van der Waals surface area contributed by atoms with E-state index in [1.165, 1.54) is 0 Å². The normalized spacial score (nSPS) is 10.9. The first kappa shape index (κ1) is 19.4. The summed E-state index contributed by atoms with van der Waals surface area (Å²) in [7, 11) is 0. The molecule has 0 amide bonds. The number of halogens is 2. The van der Waals surface area contributed by atoms with Gasteiger partial charge in [-0.15, -0.1) is 0 Å². The zero-order chi connectivity index (χ0) is 20.5. The predicted molar refractivity (Wildman–Crippen MR) is 117 cm³/mol. The van der Waals surface area contributed by atoms with E-state index in [9.17, 15) is 9.59 Å². The fraction of sp³-hybridized carbons (Fsp3) is 0.0435. The number of rotatable bonds is 3. The number of hydrogen-bond donors (Lipinski definition) is 0. The van der Waals surface area contributed by atoms with E-state index < -0.39 is 11.6 Å². The van der Waals surface area contributed by atoms with Crippen LogP contribution in [0.15, 0.2) is 80.4 Å². The lowest BCUT2D eigenvalue weighted by Crippen LogP contribution is -2.09. The highest BCUT2D eigenvalue weighted by Gasteiger charge is 2.15. The molecule has 0 bridgehead atoms. The van der Waals surface area contributed by atoms with Gasteiger partial charge in [0.1, 0.15) is 11.3 Å². The highest BCUT2D eigenvalue weighted by Crippen LogP contribution is 2.29. The minimum Gasteiger partial charge on any atom is -0.423 e. The third-order valence-corrected chi connectivity index (χ3v) is 5.34. The number of hydrogen-bond acceptors (Lipinski definition) is 4. The van der Waals surface area contributed by atoms with Crippen LogP contribution in [0.25, 0.3) is 22.1 Å². The average molecular weight is 470 g/mol. The molecule has 0 radical (unpaired) electrons. The van der Waals surface area contributed by atoms with E-state index in [0.29, 0.717) is 27.5 Å². The fourth-order valence-corrected chi connectivity index (χ4v) is 3.49. The smallest absolute Gasteiger partial charge is 0.344 e. The molecule has 0 aliphatic rings. The van der Waals surface area contributed by atoms with Crippen LogP contribution in [0.5, 0.6) is 5.75 Å². The second kappa shape index (κ2) is 7.85. The number of esters is 1. The molecule has 0 aliphatic heterocycles. The molecule has 4 rings (SSSR count). The van der Waals surface area contributed by atoms with E-state index in [0.717, 1.165) is 21.0 Å². The van der Waals surface area contributed by atoms with E-state index in [2.05, 4.69) is 15.9 Å². The highest BCUT2D eigenvalue weighted by atomic mass is 79.9. The van der Waals surface area contributed by atoms with Gasteiger partial charge >= 0.3 is 11.6 Å². The number of benzene rings is 3. The maximum Gasteiger partial charge on any atom is 0.344 e. The summed E-state index contributed by atoms with van der Waals surface area (Å²) in [6.45, 7) is 1.86. The first-order chi connectivity index (χ1) is 13.9. The molecule has 0 aliphatic carbocycles. The van der Waals surface area contributed by atoms with Crippen LogP contribution < -0.4 is 10.4 Å². The quantitative estimate of drug-likeness (QED) is 0.198. The van der Waals surface area contributed by atoms with E-state index in [1.54, 1.807) is 66.7 Å². The third kappa shape index (κ3) is 3.97. The van der Waals surface area contributed by atoms with Crippen molar-refractivity contribution in [2.45, 2.75) is 6.92 Å². The van der Waals surface area contributed by atoms with Gasteiger partial charge in [-0.3, -0.25) is 0 Å². The fourth-order valence-electron chi connectivity index (χ4n) is 3.10. The lowest BCUT2D eigenvalue weighted by Gasteiger charge is -2.10. The van der Waals surface area contributed by atoms with Gasteiger partial charge in [-0.05, 0) is 66.6 Å². The number of fused-ring (bicyclic) bond motifs is 1. The van der Waals surface area contributed by atoms with Gasteiger partial charge in [0.05, 0.1) is 11.1 Å². The van der Waals surface area contributed by atoms with Gasteiger partial charge in [0, 0.05) is 20.9 Å². The zero-order valence-electron chi connectivity index (χ0n) is 15.2. The van der Waals surface area contributed by atoms with E-state index in [1.807, 2.05) is 6.92 Å². The van der Waals surface area contributed by atoms with Crippen molar-refractivity contribution < 1.29 is 13.9 Å². The summed E-state index contributed by atoms with van der Waals surface area (Å²) in [6, 6.07) is 18.9. The summed E-state index contributed by atoms with van der Waals surface area (Å²) < 4.78 is 11.8. The van der Waals surface area contributed by atoms with Crippen LogP contribution in [0, 0.1) is 6.92 Å². The summed E-state index contributed by atoms with van der Waals surface area (Å²) >= 11 is 9.27. The van der Waals surface area contributed by atoms with Crippen LogP contribution >= 0.6 is 27.5 Å². The van der Waals surface area contributed by atoms with Crippen LogP contribution in [0.4, 0.5) is 0 Å². The molecular formula is C23H14BrClO4. The van der Waals surface area contributed by atoms with Crippen molar-refractivity contribution >= 4 is 44.5 Å². The molecule has 29 heavy (non-hydrogen) atoms. The lowest BCUT2D eigenvalue weighted by molar-refractivity contribution is 0.0735. The predicted octanol–water partition coefficient (Wildman–Crippen LogP) is 6.40. The molecule has 1 aromatic heterocycles. The molecule has 0 atom stereocenters. The second-order valence-electron chi connectivity index (χ2n) is 6.45. The van der Waals surface area contributed by atoms with Crippen molar-refractivity contribution in [2.75, 3.05) is 0 Å². The van der Waals surface area contributed by atoms with E-state index in [-0.39, 0.29) is 0 Å². The van der Waals surface area contributed by atoms with E-state index in [4.69, 9.17) is 20.8 Å². The minimum absolute atomic E-state index is 0.298. The van der Waals surface area contributed by atoms with Gasteiger partial charge in [-0.1, -0.05) is 39.7 Å². The van der Waals surface area contributed by atoms with Crippen LogP contribution in [-0.4, -0.2) is 5.97 Å². The summed E-state index contributed by atoms with van der Waals surface area (Å²) in [5.74, 6) is -0.194. The average Bonchev–Trinajstić information content (AvgIpc) is 2.69. The Labute approximate surface area is 179 Å². The lowest BCUT2D eigenvalue weighted by atomic mass is 10.00. The number of aryl methyl sites for hydroxylation is 1. The topological polar surface area (TPSA) is 56.5 Å². The van der Waals surface area contributed by atoms with Crippen molar-refractivity contribution in [1.82, 2.24) is 0 Å². The largest absolute Gasteiger partial charge is 0.423 e. The summed E-state index contributed by atoms with van der Waals surface area (Å²) in [5.41, 5.74) is 2.30. The van der Waals surface area contributed by atoms with Crippen molar-refractivity contribution in [3.05, 3.63) is 97.8 Å². The molecule has 0 unspecified atom stereocenters. The molecule has 0 N–H and O–H groups in total. The SMILES string of the molecule is Cc1c(-c2ccc(Cl)cc2)c(=O)oc2cc(OC(=O)c3ccc(Br)cc3)ccc12. The molecule has 0 spiro atoms. The minimum atomic E-state index is -0.492. The van der Waals surface area contributed by atoms with Crippen molar-refractivity contribution in [3.63, 3.8) is 0 Å². The van der Waals surface area contributed by atoms with Crippen molar-refractivity contribution in [2.24, 2.45) is 0 Å². The Bertz CT molecular complexity index is 1280. The summed E-state index contributed by atoms with van der Waals surface area (Å²) in [4.78, 5) is 24.9. The van der Waals surface area contributed by atoms with Crippen molar-refractivity contribution in [3.8, 4) is 16.9 Å². The zero-order valence-corrected chi connectivity index (χ0v) is 17.6. The first-order valence-electron chi connectivity index (χ1n) is 8.73. The van der Waals surface area contributed by atoms with Gasteiger partial charge < -0.3 is 9.15 Å². The Morgan fingerprint density at radius 2 is 1.69 bits per heavy atom. The number of ether oxygens (including phenoxy) is 1. The van der Waals surface area contributed by atoms with Crippen LogP contribution in [-0.2, 0) is 0 Å². The van der Waals surface area contributed by atoms with E-state index >= 15 is 0 Å². The number of carbonyl (C=O) groups excluding carboxylic acids is 1. The van der Waals surface area contributed by atoms with Crippen LogP contribution in [0.1, 0.15) is 15.9 Å². The molecule has 4 nitrogen and oxygen atoms in total. The first-order valence-corrected chi connectivity index (χ1v) is 9.90. The van der Waals surface area contributed by atoms with Gasteiger partial charge in [-0.25, -0.2) is 9.59 Å². The van der Waals surface area contributed by atoms with Gasteiger partial charge in [0.25, 0.3) is 0 Å². The molecule has 4 aromatic rings. The van der Waals surface area contributed by atoms with Crippen molar-refractivity contribution in [1.29, 1.82) is 0 Å². The Morgan fingerprint density at radius 1 is 1.00 bits per heavy atom. The Morgan fingerprint density at radius 3 is 2.38 bits per heavy atom. The molecule has 144 valence electrons. The van der Waals surface area contributed by atoms with Gasteiger partial charge in [0.15, 0.2) is 0 Å². The molecule has 3 aromatic carbocycles. The van der Waals surface area contributed by atoms with Crippen LogP contribution in [0.2, 0.25) is 5.02 Å². The highest BCUT2D eigenvalue weighted by molar-refractivity contribution is 9.10. The monoisotopic (exact) mass is 468 g/mol. The van der Waals surface area contributed by atoms with Gasteiger partial charge in [0.2, 0.25) is 0 Å². The Hall–Kier alpha value is -2.89. The maximum absolute atomic E-state index is 12.6. The summed E-state index contributed by atoms with van der Waals surface area (Å²) in [6.07, 6.45) is 0. The molecule has 6 heteroatoms. The molecule has 0 saturated heterocycles. The van der Waals surface area contributed by atoms with Gasteiger partial charge in [-0.2, -0.15) is 0 Å². The number of carbonyl (C=O) groups is 1.